The van der Waals surface area contributed by atoms with Crippen LogP contribution in [0.5, 0.6) is 0 Å². The quantitative estimate of drug-likeness (QED) is 0.389. The summed E-state index contributed by atoms with van der Waals surface area (Å²) in [5.41, 5.74) is 1.47. The van der Waals surface area contributed by atoms with E-state index in [4.69, 9.17) is 4.74 Å². The highest BCUT2D eigenvalue weighted by Gasteiger charge is 2.35. The lowest BCUT2D eigenvalue weighted by molar-refractivity contribution is 0.203. The van der Waals surface area contributed by atoms with Crippen molar-refractivity contribution in [2.24, 2.45) is 4.99 Å². The number of benzene rings is 1. The second-order valence-corrected chi connectivity index (χ2v) is 6.61. The molecule has 0 radical (unpaired) electrons. The molecule has 3 N–H and O–H groups in total. The number of nitrogens with zero attached hydrogens (tertiary/aromatic N) is 1. The van der Waals surface area contributed by atoms with Gasteiger partial charge in [-0.05, 0) is 25.3 Å². The van der Waals surface area contributed by atoms with Crippen molar-refractivity contribution in [2.75, 3.05) is 33.9 Å². The van der Waals surface area contributed by atoms with Gasteiger partial charge in [0.05, 0.1) is 6.61 Å². The summed E-state index contributed by atoms with van der Waals surface area (Å²) in [6.07, 6.45) is 4.97. The fourth-order valence-corrected chi connectivity index (χ4v) is 3.45. The van der Waals surface area contributed by atoms with Gasteiger partial charge in [-0.1, -0.05) is 43.2 Å². The summed E-state index contributed by atoms with van der Waals surface area (Å²) in [5.74, 6) is 0.840. The Kier molecular flexibility index (Phi) is 7.53. The molecule has 24 heavy (non-hydrogen) atoms. The van der Waals surface area contributed by atoms with Crippen LogP contribution in [0, 0.1) is 0 Å². The Morgan fingerprint density at radius 1 is 1.21 bits per heavy atom. The van der Waals surface area contributed by atoms with Gasteiger partial charge >= 0.3 is 0 Å². The normalized spacial score (nSPS) is 18.4. The molecule has 0 heterocycles. The van der Waals surface area contributed by atoms with Gasteiger partial charge in [-0.15, -0.1) is 0 Å². The first-order valence-electron chi connectivity index (χ1n) is 8.95. The van der Waals surface area contributed by atoms with Gasteiger partial charge in [-0.2, -0.15) is 0 Å². The van der Waals surface area contributed by atoms with Gasteiger partial charge < -0.3 is 20.7 Å². The van der Waals surface area contributed by atoms with E-state index in [-0.39, 0.29) is 5.54 Å². The summed E-state index contributed by atoms with van der Waals surface area (Å²) in [4.78, 5) is 4.30. The van der Waals surface area contributed by atoms with Crippen molar-refractivity contribution in [3.8, 4) is 0 Å². The van der Waals surface area contributed by atoms with Gasteiger partial charge in [0.2, 0.25) is 0 Å². The molecule has 2 rings (SSSR count). The lowest BCUT2D eigenvalue weighted by atomic mass is 9.94. The molecule has 0 aliphatic heterocycles. The van der Waals surface area contributed by atoms with Crippen LogP contribution < -0.4 is 16.0 Å². The standard InChI is InChI=1S/C19H32N4O/c1-16(17-9-5-4-6-10-17)23-19(11-7-8-12-19)15-22-18(20-2)21-13-14-24-3/h4-6,9-10,16,23H,7-8,11-15H2,1-3H3,(H2,20,21,22). The molecule has 0 amide bonds. The fraction of sp³-hybridized carbons (Fsp3) is 0.632. The van der Waals surface area contributed by atoms with Crippen molar-refractivity contribution in [1.82, 2.24) is 16.0 Å². The summed E-state index contributed by atoms with van der Waals surface area (Å²) in [5, 5.41) is 10.7. The molecule has 134 valence electrons. The van der Waals surface area contributed by atoms with Crippen LogP contribution in [0.3, 0.4) is 0 Å². The third-order valence-corrected chi connectivity index (χ3v) is 4.80. The van der Waals surface area contributed by atoms with Crippen LogP contribution in [0.4, 0.5) is 0 Å². The molecule has 1 fully saturated rings. The van der Waals surface area contributed by atoms with E-state index in [2.05, 4.69) is 58.2 Å². The molecule has 1 aliphatic carbocycles. The molecule has 0 spiro atoms. The Morgan fingerprint density at radius 2 is 1.92 bits per heavy atom. The maximum absolute atomic E-state index is 5.08. The molecule has 1 aromatic rings. The first-order chi connectivity index (χ1) is 11.7. The average molecular weight is 332 g/mol. The molecule has 1 aromatic carbocycles. The number of ether oxygens (including phenoxy) is 1. The third kappa shape index (κ3) is 5.49. The molecule has 1 aliphatic rings. The van der Waals surface area contributed by atoms with Gasteiger partial charge in [0, 0.05) is 38.8 Å². The van der Waals surface area contributed by atoms with Crippen LogP contribution in [0.25, 0.3) is 0 Å². The molecule has 1 atom stereocenters. The number of hydrogen-bond acceptors (Lipinski definition) is 3. The predicted octanol–water partition coefficient (Wildman–Crippen LogP) is 2.46. The Labute approximate surface area is 146 Å². The lowest BCUT2D eigenvalue weighted by Crippen LogP contribution is -2.54. The molecule has 1 saturated carbocycles. The first kappa shape index (κ1) is 18.7. The Bertz CT molecular complexity index is 497. The van der Waals surface area contributed by atoms with E-state index in [1.165, 1.54) is 31.2 Å². The van der Waals surface area contributed by atoms with E-state index in [0.717, 1.165) is 19.0 Å². The Morgan fingerprint density at radius 3 is 2.54 bits per heavy atom. The average Bonchev–Trinajstić information content (AvgIpc) is 3.07. The molecular weight excluding hydrogens is 300 g/mol. The van der Waals surface area contributed by atoms with Crippen LogP contribution in [-0.4, -0.2) is 45.4 Å². The first-order valence-corrected chi connectivity index (χ1v) is 8.95. The zero-order chi connectivity index (χ0) is 17.3. The fourth-order valence-electron chi connectivity index (χ4n) is 3.45. The number of aliphatic imine (C=N–C) groups is 1. The maximum atomic E-state index is 5.08. The molecule has 5 nitrogen and oxygen atoms in total. The van der Waals surface area contributed by atoms with Crippen LogP contribution >= 0.6 is 0 Å². The monoisotopic (exact) mass is 332 g/mol. The minimum atomic E-state index is 0.133. The van der Waals surface area contributed by atoms with Gasteiger partial charge in [0.15, 0.2) is 5.96 Å². The van der Waals surface area contributed by atoms with Crippen molar-refractivity contribution < 1.29 is 4.74 Å². The second kappa shape index (κ2) is 9.64. The van der Waals surface area contributed by atoms with Gasteiger partial charge in [0.25, 0.3) is 0 Å². The maximum Gasteiger partial charge on any atom is 0.191 e. The second-order valence-electron chi connectivity index (χ2n) is 6.61. The molecule has 5 heteroatoms. The van der Waals surface area contributed by atoms with E-state index < -0.39 is 0 Å². The van der Waals surface area contributed by atoms with Gasteiger partial charge in [0.1, 0.15) is 0 Å². The largest absolute Gasteiger partial charge is 0.383 e. The molecule has 0 bridgehead atoms. The smallest absolute Gasteiger partial charge is 0.191 e. The Balaban J connectivity index is 1.92. The summed E-state index contributed by atoms with van der Waals surface area (Å²) in [6.45, 7) is 4.57. The highest BCUT2D eigenvalue weighted by molar-refractivity contribution is 5.79. The minimum absolute atomic E-state index is 0.133. The third-order valence-electron chi connectivity index (χ3n) is 4.80. The van der Waals surface area contributed by atoms with Gasteiger partial charge in [-0.25, -0.2) is 0 Å². The summed E-state index contributed by atoms with van der Waals surface area (Å²) in [7, 11) is 3.52. The number of hydrogen-bond donors (Lipinski definition) is 3. The topological polar surface area (TPSA) is 57.7 Å². The lowest BCUT2D eigenvalue weighted by Gasteiger charge is -2.35. The van der Waals surface area contributed by atoms with E-state index in [1.807, 2.05) is 7.05 Å². The summed E-state index contributed by atoms with van der Waals surface area (Å²) in [6, 6.07) is 11.0. The Hall–Kier alpha value is -1.59. The molecule has 0 saturated heterocycles. The van der Waals surface area contributed by atoms with E-state index >= 15 is 0 Å². The minimum Gasteiger partial charge on any atom is -0.383 e. The number of nitrogens with one attached hydrogen (secondary N) is 3. The number of methoxy groups -OCH3 is 1. The zero-order valence-corrected chi connectivity index (χ0v) is 15.3. The van der Waals surface area contributed by atoms with Crippen molar-refractivity contribution >= 4 is 5.96 Å². The van der Waals surface area contributed by atoms with E-state index in [0.29, 0.717) is 12.6 Å². The molecule has 0 aromatic heterocycles. The van der Waals surface area contributed by atoms with Crippen LogP contribution in [-0.2, 0) is 4.74 Å². The molecule has 1 unspecified atom stereocenters. The highest BCUT2D eigenvalue weighted by Crippen LogP contribution is 2.31. The van der Waals surface area contributed by atoms with E-state index in [1.54, 1.807) is 7.11 Å². The SMILES string of the molecule is CN=C(NCCOC)NCC1(NC(C)c2ccccc2)CCCC1. The van der Waals surface area contributed by atoms with Crippen LogP contribution in [0.15, 0.2) is 35.3 Å². The highest BCUT2D eigenvalue weighted by atomic mass is 16.5. The molecular formula is C19H32N4O. The van der Waals surface area contributed by atoms with Crippen molar-refractivity contribution in [3.63, 3.8) is 0 Å². The zero-order valence-electron chi connectivity index (χ0n) is 15.3. The van der Waals surface area contributed by atoms with Gasteiger partial charge in [-0.3, -0.25) is 4.99 Å². The summed E-state index contributed by atoms with van der Waals surface area (Å²) < 4.78 is 5.08. The number of guanidine groups is 1. The summed E-state index contributed by atoms with van der Waals surface area (Å²) >= 11 is 0. The van der Waals surface area contributed by atoms with Crippen molar-refractivity contribution in [1.29, 1.82) is 0 Å². The van der Waals surface area contributed by atoms with Crippen LogP contribution in [0.1, 0.15) is 44.2 Å². The van der Waals surface area contributed by atoms with Crippen LogP contribution in [0.2, 0.25) is 0 Å². The van der Waals surface area contributed by atoms with Crippen molar-refractivity contribution in [2.45, 2.75) is 44.2 Å². The van der Waals surface area contributed by atoms with E-state index in [9.17, 15) is 0 Å². The number of rotatable bonds is 8. The predicted molar refractivity (Wildman–Crippen MR) is 100 cm³/mol. The van der Waals surface area contributed by atoms with Crippen molar-refractivity contribution in [3.05, 3.63) is 35.9 Å².